The number of halogens is 1. The first-order chi connectivity index (χ1) is 9.20. The molecule has 1 unspecified atom stereocenters. The number of carbonyl (C=O) groups excluding carboxylic acids is 1. The van der Waals surface area contributed by atoms with Crippen LogP contribution in [0.1, 0.15) is 31.7 Å². The van der Waals surface area contributed by atoms with Crippen LogP contribution in [0.25, 0.3) is 0 Å². The first kappa shape index (κ1) is 14.0. The van der Waals surface area contributed by atoms with Crippen molar-refractivity contribution >= 4 is 5.97 Å². The highest BCUT2D eigenvalue weighted by Gasteiger charge is 2.33. The van der Waals surface area contributed by atoms with Gasteiger partial charge in [0.2, 0.25) is 0 Å². The molecule has 1 aliphatic heterocycles. The fraction of sp³-hybridized carbons (Fsp3) is 0.533. The third kappa shape index (κ3) is 3.77. The Morgan fingerprint density at radius 2 is 2.11 bits per heavy atom. The SMILES string of the molecule is CCOC(=O)[C@H]1CCCC[NH+]1Cc1ccc(F)cc1. The predicted octanol–water partition coefficient (Wildman–Crippen LogP) is 1.33. The monoisotopic (exact) mass is 266 g/mol. The number of ether oxygens (including phenoxy) is 1. The van der Waals surface area contributed by atoms with E-state index in [9.17, 15) is 9.18 Å². The van der Waals surface area contributed by atoms with E-state index in [4.69, 9.17) is 4.74 Å². The largest absolute Gasteiger partial charge is 0.462 e. The topological polar surface area (TPSA) is 30.7 Å². The fourth-order valence-corrected chi connectivity index (χ4v) is 2.68. The first-order valence-electron chi connectivity index (χ1n) is 6.96. The summed E-state index contributed by atoms with van der Waals surface area (Å²) in [4.78, 5) is 13.2. The van der Waals surface area contributed by atoms with Gasteiger partial charge in [0, 0.05) is 12.0 Å². The van der Waals surface area contributed by atoms with E-state index in [1.54, 1.807) is 12.1 Å². The summed E-state index contributed by atoms with van der Waals surface area (Å²) >= 11 is 0. The van der Waals surface area contributed by atoms with Crippen LogP contribution in [-0.4, -0.2) is 25.2 Å². The fourth-order valence-electron chi connectivity index (χ4n) is 2.68. The van der Waals surface area contributed by atoms with Crippen molar-refractivity contribution in [2.24, 2.45) is 0 Å². The maximum atomic E-state index is 12.9. The summed E-state index contributed by atoms with van der Waals surface area (Å²) < 4.78 is 18.0. The molecular weight excluding hydrogens is 245 g/mol. The normalized spacial score (nSPS) is 23.1. The van der Waals surface area contributed by atoms with Gasteiger partial charge in [-0.3, -0.25) is 0 Å². The molecular formula is C15H21FNO2+. The van der Waals surface area contributed by atoms with Crippen LogP contribution in [0.4, 0.5) is 4.39 Å². The second-order valence-electron chi connectivity index (χ2n) is 5.01. The minimum atomic E-state index is -0.223. The van der Waals surface area contributed by atoms with Crippen molar-refractivity contribution in [1.29, 1.82) is 0 Å². The van der Waals surface area contributed by atoms with Gasteiger partial charge in [0.05, 0.1) is 13.2 Å². The zero-order valence-corrected chi connectivity index (χ0v) is 11.3. The van der Waals surface area contributed by atoms with E-state index in [1.807, 2.05) is 6.92 Å². The Morgan fingerprint density at radius 1 is 1.37 bits per heavy atom. The van der Waals surface area contributed by atoms with E-state index < -0.39 is 0 Å². The zero-order valence-electron chi connectivity index (χ0n) is 11.3. The number of rotatable bonds is 4. The van der Waals surface area contributed by atoms with Crippen molar-refractivity contribution in [3.8, 4) is 0 Å². The van der Waals surface area contributed by atoms with Crippen molar-refractivity contribution in [3.63, 3.8) is 0 Å². The van der Waals surface area contributed by atoms with Crippen molar-refractivity contribution in [2.75, 3.05) is 13.2 Å². The summed E-state index contributed by atoms with van der Waals surface area (Å²) in [6.45, 7) is 3.99. The highest BCUT2D eigenvalue weighted by Crippen LogP contribution is 2.07. The molecule has 1 heterocycles. The molecule has 1 aromatic carbocycles. The Bertz CT molecular complexity index is 419. The van der Waals surface area contributed by atoms with Gasteiger partial charge in [-0.05, 0) is 31.9 Å². The lowest BCUT2D eigenvalue weighted by atomic mass is 10.0. The lowest BCUT2D eigenvalue weighted by molar-refractivity contribution is -0.935. The van der Waals surface area contributed by atoms with Crippen LogP contribution in [0.2, 0.25) is 0 Å². The zero-order chi connectivity index (χ0) is 13.7. The number of quaternary nitrogens is 1. The van der Waals surface area contributed by atoms with Crippen molar-refractivity contribution in [1.82, 2.24) is 0 Å². The molecule has 19 heavy (non-hydrogen) atoms. The molecule has 3 nitrogen and oxygen atoms in total. The van der Waals surface area contributed by atoms with Crippen molar-refractivity contribution < 1.29 is 18.8 Å². The van der Waals surface area contributed by atoms with E-state index in [-0.39, 0.29) is 17.8 Å². The molecule has 1 saturated heterocycles. The summed E-state index contributed by atoms with van der Waals surface area (Å²) in [6, 6.07) is 6.45. The van der Waals surface area contributed by atoms with Crippen molar-refractivity contribution in [2.45, 2.75) is 38.8 Å². The Morgan fingerprint density at radius 3 is 2.79 bits per heavy atom. The van der Waals surface area contributed by atoms with Crippen LogP contribution in [0, 0.1) is 5.82 Å². The quantitative estimate of drug-likeness (QED) is 0.833. The summed E-state index contributed by atoms with van der Waals surface area (Å²) in [5.74, 6) is -0.321. The highest BCUT2D eigenvalue weighted by atomic mass is 19.1. The number of esters is 1. The molecule has 0 spiro atoms. The molecule has 0 aliphatic carbocycles. The smallest absolute Gasteiger partial charge is 0.364 e. The third-order valence-corrected chi connectivity index (χ3v) is 3.65. The van der Waals surface area contributed by atoms with Crippen LogP contribution in [0.5, 0.6) is 0 Å². The summed E-state index contributed by atoms with van der Waals surface area (Å²) in [7, 11) is 0. The Hall–Kier alpha value is -1.42. The number of piperidine rings is 1. The molecule has 2 rings (SSSR count). The maximum absolute atomic E-state index is 12.9. The molecule has 0 saturated carbocycles. The average molecular weight is 266 g/mol. The first-order valence-corrected chi connectivity index (χ1v) is 6.96. The van der Waals surface area contributed by atoms with E-state index in [0.717, 1.165) is 37.9 Å². The van der Waals surface area contributed by atoms with Crippen LogP contribution < -0.4 is 4.90 Å². The lowest BCUT2D eigenvalue weighted by Gasteiger charge is -2.30. The summed E-state index contributed by atoms with van der Waals surface area (Å²) in [5, 5.41) is 0. The van der Waals surface area contributed by atoms with E-state index in [0.29, 0.717) is 6.61 Å². The Labute approximate surface area is 113 Å². The van der Waals surface area contributed by atoms with Gasteiger partial charge < -0.3 is 9.64 Å². The van der Waals surface area contributed by atoms with Gasteiger partial charge in [-0.2, -0.15) is 0 Å². The second-order valence-corrected chi connectivity index (χ2v) is 5.01. The van der Waals surface area contributed by atoms with Gasteiger partial charge in [-0.25, -0.2) is 9.18 Å². The lowest BCUT2D eigenvalue weighted by Crippen LogP contribution is -3.16. The van der Waals surface area contributed by atoms with Crippen LogP contribution in [0.3, 0.4) is 0 Å². The summed E-state index contributed by atoms with van der Waals surface area (Å²) in [5.41, 5.74) is 1.06. The molecule has 1 aromatic rings. The minimum Gasteiger partial charge on any atom is -0.462 e. The number of hydrogen-bond donors (Lipinski definition) is 1. The molecule has 104 valence electrons. The molecule has 0 aromatic heterocycles. The van der Waals surface area contributed by atoms with Gasteiger partial charge in [-0.1, -0.05) is 12.1 Å². The molecule has 0 amide bonds. The number of hydrogen-bond acceptors (Lipinski definition) is 2. The van der Waals surface area contributed by atoms with E-state index >= 15 is 0 Å². The average Bonchev–Trinajstić information content (AvgIpc) is 2.42. The molecule has 0 radical (unpaired) electrons. The van der Waals surface area contributed by atoms with Crippen LogP contribution in [0.15, 0.2) is 24.3 Å². The number of nitrogens with one attached hydrogen (secondary N) is 1. The number of carbonyl (C=O) groups is 1. The Balaban J connectivity index is 2.03. The number of likely N-dealkylation sites (tertiary alicyclic amines) is 1. The van der Waals surface area contributed by atoms with E-state index in [1.165, 1.54) is 17.0 Å². The van der Waals surface area contributed by atoms with Gasteiger partial charge >= 0.3 is 5.97 Å². The van der Waals surface area contributed by atoms with Gasteiger partial charge in [0.25, 0.3) is 0 Å². The predicted molar refractivity (Wildman–Crippen MR) is 70.2 cm³/mol. The third-order valence-electron chi connectivity index (χ3n) is 3.65. The molecule has 4 heteroatoms. The molecule has 0 bridgehead atoms. The molecule has 1 aliphatic rings. The maximum Gasteiger partial charge on any atom is 0.364 e. The van der Waals surface area contributed by atoms with Gasteiger partial charge in [0.15, 0.2) is 6.04 Å². The summed E-state index contributed by atoms with van der Waals surface area (Å²) in [6.07, 6.45) is 3.10. The number of benzene rings is 1. The minimum absolute atomic E-state index is 0.0706. The van der Waals surface area contributed by atoms with Gasteiger partial charge in [0.1, 0.15) is 12.4 Å². The van der Waals surface area contributed by atoms with Crippen LogP contribution in [-0.2, 0) is 16.1 Å². The van der Waals surface area contributed by atoms with Crippen molar-refractivity contribution in [3.05, 3.63) is 35.6 Å². The molecule has 1 fully saturated rings. The van der Waals surface area contributed by atoms with Gasteiger partial charge in [-0.15, -0.1) is 0 Å². The van der Waals surface area contributed by atoms with Crippen LogP contribution >= 0.6 is 0 Å². The standard InChI is InChI=1S/C15H20FNO2/c1-2-19-15(18)14-5-3-4-10-17(14)11-12-6-8-13(16)9-7-12/h6-9,14H,2-5,10-11H2,1H3/p+1/t14-/m1/s1. The second kappa shape index (κ2) is 6.66. The molecule has 2 atom stereocenters. The molecule has 1 N–H and O–H groups in total. The Kier molecular flexibility index (Phi) is 4.91. The highest BCUT2D eigenvalue weighted by molar-refractivity contribution is 5.74. The van der Waals surface area contributed by atoms with E-state index in [2.05, 4.69) is 0 Å².